The van der Waals surface area contributed by atoms with E-state index in [4.69, 9.17) is 4.43 Å². The molecule has 0 aliphatic carbocycles. The summed E-state index contributed by atoms with van der Waals surface area (Å²) < 4.78 is 6.46. The van der Waals surface area contributed by atoms with Gasteiger partial charge in [0.05, 0.1) is 0 Å². The van der Waals surface area contributed by atoms with Gasteiger partial charge in [-0.05, 0) is 47.6 Å². The quantitative estimate of drug-likeness (QED) is 0.529. The standard InChI is InChI=1S/C21H28O3SSi/c1-21(2,3)26(4,5)24-19(16-12-8-6-9-13-16)18(22)20(23)25-17-14-10-7-11-15-17/h6-15,18-19,22H,1-5H3/t18?,19-/m1/s1. The third kappa shape index (κ3) is 5.30. The summed E-state index contributed by atoms with van der Waals surface area (Å²) in [5.41, 5.74) is 0.826. The molecule has 0 bridgehead atoms. The normalized spacial score (nSPS) is 14.7. The van der Waals surface area contributed by atoms with Crippen molar-refractivity contribution in [2.75, 3.05) is 0 Å². The molecule has 1 unspecified atom stereocenters. The van der Waals surface area contributed by atoms with Crippen molar-refractivity contribution in [3.8, 4) is 0 Å². The van der Waals surface area contributed by atoms with Crippen molar-refractivity contribution in [3.63, 3.8) is 0 Å². The Morgan fingerprint density at radius 3 is 2.00 bits per heavy atom. The van der Waals surface area contributed by atoms with Crippen LogP contribution in [0.15, 0.2) is 65.6 Å². The number of hydrogen-bond donors (Lipinski definition) is 1. The zero-order valence-corrected chi connectivity index (χ0v) is 17.9. The van der Waals surface area contributed by atoms with Crippen molar-refractivity contribution in [2.45, 2.75) is 56.0 Å². The zero-order valence-electron chi connectivity index (χ0n) is 16.1. The summed E-state index contributed by atoms with van der Waals surface area (Å²) in [6, 6.07) is 18.9. The molecule has 0 fully saturated rings. The van der Waals surface area contributed by atoms with Crippen molar-refractivity contribution < 1.29 is 14.3 Å². The second-order valence-corrected chi connectivity index (χ2v) is 13.7. The van der Waals surface area contributed by atoms with Crippen LogP contribution < -0.4 is 0 Å². The van der Waals surface area contributed by atoms with Gasteiger partial charge in [-0.1, -0.05) is 69.3 Å². The summed E-state index contributed by atoms with van der Waals surface area (Å²) in [7, 11) is -2.17. The molecule has 1 N–H and O–H groups in total. The molecule has 0 spiro atoms. The third-order valence-electron chi connectivity index (χ3n) is 4.85. The number of rotatable bonds is 6. The minimum Gasteiger partial charge on any atom is -0.407 e. The van der Waals surface area contributed by atoms with Crippen LogP contribution in [0.5, 0.6) is 0 Å². The average molecular weight is 389 g/mol. The van der Waals surface area contributed by atoms with Gasteiger partial charge in [0.1, 0.15) is 6.10 Å². The molecule has 0 aliphatic rings. The molecule has 140 valence electrons. The first-order valence-corrected chi connectivity index (χ1v) is 12.5. The van der Waals surface area contributed by atoms with Crippen molar-refractivity contribution in [1.29, 1.82) is 0 Å². The number of carbonyl (C=O) groups is 1. The fourth-order valence-electron chi connectivity index (χ4n) is 2.24. The molecule has 0 saturated carbocycles. The van der Waals surface area contributed by atoms with Gasteiger partial charge in [0.15, 0.2) is 14.4 Å². The molecule has 2 atom stereocenters. The maximum Gasteiger partial charge on any atom is 0.225 e. The molecule has 26 heavy (non-hydrogen) atoms. The Hall–Kier alpha value is -1.40. The molecular weight excluding hydrogens is 360 g/mol. The van der Waals surface area contributed by atoms with Gasteiger partial charge in [-0.15, -0.1) is 0 Å². The Morgan fingerprint density at radius 2 is 1.50 bits per heavy atom. The maximum absolute atomic E-state index is 12.7. The van der Waals surface area contributed by atoms with E-state index in [1.165, 1.54) is 0 Å². The van der Waals surface area contributed by atoms with Crippen LogP contribution in [0.1, 0.15) is 32.4 Å². The van der Waals surface area contributed by atoms with Crippen molar-refractivity contribution in [3.05, 3.63) is 66.2 Å². The molecule has 3 nitrogen and oxygen atoms in total. The lowest BCUT2D eigenvalue weighted by molar-refractivity contribution is -0.123. The summed E-state index contributed by atoms with van der Waals surface area (Å²) in [6.45, 7) is 10.7. The number of benzene rings is 2. The maximum atomic E-state index is 12.7. The highest BCUT2D eigenvalue weighted by Crippen LogP contribution is 2.41. The lowest BCUT2D eigenvalue weighted by Crippen LogP contribution is -2.45. The Balaban J connectivity index is 2.27. The van der Waals surface area contributed by atoms with Crippen LogP contribution >= 0.6 is 11.8 Å². The molecule has 0 aromatic heterocycles. The Labute approximate surface area is 161 Å². The summed E-state index contributed by atoms with van der Waals surface area (Å²) in [6.07, 6.45) is -1.89. The van der Waals surface area contributed by atoms with E-state index in [0.29, 0.717) is 0 Å². The summed E-state index contributed by atoms with van der Waals surface area (Å²) in [5, 5.41) is 10.5. The van der Waals surface area contributed by atoms with Crippen LogP contribution in [0, 0.1) is 0 Å². The predicted molar refractivity (Wildman–Crippen MR) is 111 cm³/mol. The van der Waals surface area contributed by atoms with E-state index in [-0.39, 0.29) is 10.2 Å². The Morgan fingerprint density at radius 1 is 1.00 bits per heavy atom. The first kappa shape index (κ1) is 20.9. The molecule has 0 heterocycles. The van der Waals surface area contributed by atoms with Crippen molar-refractivity contribution in [2.24, 2.45) is 0 Å². The average Bonchev–Trinajstić information content (AvgIpc) is 2.59. The third-order valence-corrected chi connectivity index (χ3v) is 10.3. The highest BCUT2D eigenvalue weighted by Gasteiger charge is 2.42. The minimum absolute atomic E-state index is 0.0185. The molecule has 2 rings (SSSR count). The van der Waals surface area contributed by atoms with Gasteiger partial charge in [-0.2, -0.15) is 0 Å². The lowest BCUT2D eigenvalue weighted by atomic mass is 10.1. The van der Waals surface area contributed by atoms with Gasteiger partial charge in [0.2, 0.25) is 5.12 Å². The molecule has 2 aromatic carbocycles. The van der Waals surface area contributed by atoms with Gasteiger partial charge in [-0.25, -0.2) is 0 Å². The molecular formula is C21H28O3SSi. The molecule has 0 radical (unpaired) electrons. The van der Waals surface area contributed by atoms with E-state index < -0.39 is 20.5 Å². The van der Waals surface area contributed by atoms with E-state index >= 15 is 0 Å². The summed E-state index contributed by atoms with van der Waals surface area (Å²) in [4.78, 5) is 13.5. The second kappa shape index (κ2) is 8.52. The Kier molecular flexibility index (Phi) is 6.85. The van der Waals surface area contributed by atoms with Crippen LogP contribution in [-0.4, -0.2) is 24.6 Å². The van der Waals surface area contributed by atoms with Crippen molar-refractivity contribution >= 4 is 25.2 Å². The molecule has 5 heteroatoms. The fourth-order valence-corrected chi connectivity index (χ4v) is 4.26. The molecule has 2 aromatic rings. The summed E-state index contributed by atoms with van der Waals surface area (Å²) >= 11 is 1.05. The SMILES string of the molecule is CC(C)(C)[Si](C)(C)O[C@H](c1ccccc1)C(O)C(=O)Sc1ccccc1. The number of thioether (sulfide) groups is 1. The monoisotopic (exact) mass is 388 g/mol. The van der Waals surface area contributed by atoms with E-state index in [1.807, 2.05) is 60.7 Å². The number of carbonyl (C=O) groups excluding carboxylic acids is 1. The number of aliphatic hydroxyl groups excluding tert-OH is 1. The van der Waals surface area contributed by atoms with Crippen LogP contribution in [0.4, 0.5) is 0 Å². The smallest absolute Gasteiger partial charge is 0.225 e. The zero-order chi connectivity index (χ0) is 19.4. The first-order valence-electron chi connectivity index (χ1n) is 8.79. The predicted octanol–water partition coefficient (Wildman–Crippen LogP) is 5.43. The molecule has 0 saturated heterocycles. The number of hydrogen-bond acceptors (Lipinski definition) is 4. The van der Waals surface area contributed by atoms with Crippen LogP contribution in [-0.2, 0) is 9.22 Å². The van der Waals surface area contributed by atoms with E-state index in [9.17, 15) is 9.90 Å². The van der Waals surface area contributed by atoms with E-state index in [2.05, 4.69) is 33.9 Å². The van der Waals surface area contributed by atoms with E-state index in [1.54, 1.807) is 0 Å². The lowest BCUT2D eigenvalue weighted by Gasteiger charge is -2.40. The van der Waals surface area contributed by atoms with Crippen LogP contribution in [0.25, 0.3) is 0 Å². The Bertz CT molecular complexity index is 711. The highest BCUT2D eigenvalue weighted by atomic mass is 32.2. The highest BCUT2D eigenvalue weighted by molar-refractivity contribution is 8.13. The topological polar surface area (TPSA) is 46.5 Å². The van der Waals surface area contributed by atoms with Gasteiger partial charge in [0, 0.05) is 4.90 Å². The van der Waals surface area contributed by atoms with Gasteiger partial charge >= 0.3 is 0 Å². The molecule has 0 amide bonds. The fraction of sp³-hybridized carbons (Fsp3) is 0.381. The van der Waals surface area contributed by atoms with Crippen molar-refractivity contribution in [1.82, 2.24) is 0 Å². The van der Waals surface area contributed by atoms with Gasteiger partial charge in [0.25, 0.3) is 0 Å². The largest absolute Gasteiger partial charge is 0.407 e. The van der Waals surface area contributed by atoms with E-state index in [0.717, 1.165) is 22.2 Å². The van der Waals surface area contributed by atoms with Gasteiger partial charge < -0.3 is 9.53 Å². The van der Waals surface area contributed by atoms with Gasteiger partial charge in [-0.3, -0.25) is 4.79 Å². The second-order valence-electron chi connectivity index (χ2n) is 7.89. The number of aliphatic hydroxyl groups is 1. The first-order chi connectivity index (χ1) is 12.1. The summed E-state index contributed by atoms with van der Waals surface area (Å²) in [5.74, 6) is 0. The van der Waals surface area contributed by atoms with Crippen LogP contribution in [0.3, 0.4) is 0 Å². The minimum atomic E-state index is -2.17. The molecule has 0 aliphatic heterocycles. The van der Waals surface area contributed by atoms with Crippen LogP contribution in [0.2, 0.25) is 18.1 Å².